The van der Waals surface area contributed by atoms with Crippen molar-refractivity contribution in [3.8, 4) is 0 Å². The summed E-state index contributed by atoms with van der Waals surface area (Å²) in [6, 6.07) is 10.0. The zero-order chi connectivity index (χ0) is 16.1. The molecule has 23 heavy (non-hydrogen) atoms. The topological polar surface area (TPSA) is 58.5 Å². The van der Waals surface area contributed by atoms with E-state index in [0.717, 1.165) is 36.6 Å². The van der Waals surface area contributed by atoms with Crippen LogP contribution in [0.15, 0.2) is 36.5 Å². The van der Waals surface area contributed by atoms with Crippen molar-refractivity contribution in [2.45, 2.75) is 32.6 Å². The Morgan fingerprint density at radius 1 is 1.30 bits per heavy atom. The fourth-order valence-electron chi connectivity index (χ4n) is 2.87. The van der Waals surface area contributed by atoms with Gasteiger partial charge in [-0.2, -0.15) is 0 Å². The van der Waals surface area contributed by atoms with Crippen molar-refractivity contribution in [3.63, 3.8) is 0 Å². The number of aryl methyl sites for hydroxylation is 1. The molecular weight excluding hydrogens is 290 g/mol. The fraction of sp³-hybridized carbons (Fsp3) is 0.444. The van der Waals surface area contributed by atoms with E-state index in [1.807, 2.05) is 43.5 Å². The summed E-state index contributed by atoms with van der Waals surface area (Å²) in [7, 11) is 0. The average Bonchev–Trinajstić information content (AvgIpc) is 2.56. The van der Waals surface area contributed by atoms with Crippen LogP contribution in [0.4, 0.5) is 0 Å². The van der Waals surface area contributed by atoms with Crippen LogP contribution in [0, 0.1) is 6.92 Å². The number of nitrogens with zero attached hydrogens (tertiary/aromatic N) is 3. The number of aliphatic hydroxyl groups is 1. The van der Waals surface area contributed by atoms with Gasteiger partial charge in [-0.1, -0.05) is 30.3 Å². The first kappa shape index (κ1) is 16.1. The normalized spacial score (nSPS) is 16.1. The smallest absolute Gasteiger partial charge is 0.125 e. The lowest BCUT2D eigenvalue weighted by molar-refractivity contribution is 0.00760. The number of hydrogen-bond donors (Lipinski definition) is 1. The van der Waals surface area contributed by atoms with Gasteiger partial charge in [-0.3, -0.25) is 4.90 Å². The number of aliphatic hydroxyl groups excluding tert-OH is 1. The Morgan fingerprint density at radius 3 is 2.96 bits per heavy atom. The van der Waals surface area contributed by atoms with Gasteiger partial charge in [0, 0.05) is 43.5 Å². The third-order valence-electron chi connectivity index (χ3n) is 4.02. The SMILES string of the molecule is Cc1ncc2c(n1)CCN(C[C@@H](O)COCc1ccccc1)C2. The Bertz CT molecular complexity index is 633. The molecule has 3 rings (SSSR count). The molecule has 1 aliphatic heterocycles. The van der Waals surface area contributed by atoms with Crippen LogP contribution in [-0.2, 0) is 24.3 Å². The summed E-state index contributed by atoms with van der Waals surface area (Å²) in [6.07, 6.45) is 2.34. The first-order chi connectivity index (χ1) is 11.2. The van der Waals surface area contributed by atoms with Gasteiger partial charge < -0.3 is 9.84 Å². The quantitative estimate of drug-likeness (QED) is 0.880. The molecule has 2 aromatic rings. The third kappa shape index (κ3) is 4.58. The molecule has 122 valence electrons. The molecule has 1 N–H and O–H groups in total. The molecule has 1 aliphatic rings. The van der Waals surface area contributed by atoms with Crippen molar-refractivity contribution in [2.24, 2.45) is 0 Å². The van der Waals surface area contributed by atoms with E-state index in [-0.39, 0.29) is 0 Å². The van der Waals surface area contributed by atoms with E-state index in [9.17, 15) is 5.11 Å². The van der Waals surface area contributed by atoms with Crippen LogP contribution in [0.5, 0.6) is 0 Å². The molecule has 2 heterocycles. The molecule has 5 nitrogen and oxygen atoms in total. The van der Waals surface area contributed by atoms with Gasteiger partial charge in [0.25, 0.3) is 0 Å². The Kier molecular flexibility index (Phi) is 5.33. The Hall–Kier alpha value is -1.82. The molecular formula is C18H23N3O2. The molecule has 0 aliphatic carbocycles. The van der Waals surface area contributed by atoms with Crippen LogP contribution in [-0.4, -0.2) is 45.8 Å². The maximum absolute atomic E-state index is 10.2. The van der Waals surface area contributed by atoms with Crippen molar-refractivity contribution < 1.29 is 9.84 Å². The van der Waals surface area contributed by atoms with Crippen molar-refractivity contribution in [1.29, 1.82) is 0 Å². The number of β-amino-alcohol motifs (C(OH)–C–C–N with tert-alkyl or cyclic N) is 1. The molecule has 1 aromatic carbocycles. The van der Waals surface area contributed by atoms with E-state index in [0.29, 0.717) is 19.8 Å². The minimum Gasteiger partial charge on any atom is -0.389 e. The van der Waals surface area contributed by atoms with Crippen LogP contribution in [0.25, 0.3) is 0 Å². The van der Waals surface area contributed by atoms with Crippen LogP contribution in [0.3, 0.4) is 0 Å². The van der Waals surface area contributed by atoms with Gasteiger partial charge in [-0.15, -0.1) is 0 Å². The van der Waals surface area contributed by atoms with Crippen molar-refractivity contribution in [2.75, 3.05) is 19.7 Å². The molecule has 0 radical (unpaired) electrons. The monoisotopic (exact) mass is 313 g/mol. The molecule has 5 heteroatoms. The van der Waals surface area contributed by atoms with Gasteiger partial charge in [-0.25, -0.2) is 9.97 Å². The largest absolute Gasteiger partial charge is 0.389 e. The lowest BCUT2D eigenvalue weighted by atomic mass is 10.1. The maximum Gasteiger partial charge on any atom is 0.125 e. The second kappa shape index (κ2) is 7.64. The minimum absolute atomic E-state index is 0.350. The maximum atomic E-state index is 10.2. The molecule has 0 unspecified atom stereocenters. The molecule has 0 fully saturated rings. The Labute approximate surface area is 137 Å². The fourth-order valence-corrected chi connectivity index (χ4v) is 2.87. The summed E-state index contributed by atoms with van der Waals surface area (Å²) in [5.74, 6) is 0.826. The number of hydrogen-bond acceptors (Lipinski definition) is 5. The van der Waals surface area contributed by atoms with Crippen LogP contribution in [0.1, 0.15) is 22.6 Å². The van der Waals surface area contributed by atoms with E-state index in [1.54, 1.807) is 0 Å². The molecule has 0 bridgehead atoms. The lowest BCUT2D eigenvalue weighted by Gasteiger charge is -2.29. The third-order valence-corrected chi connectivity index (χ3v) is 4.02. The summed E-state index contributed by atoms with van der Waals surface area (Å²) < 4.78 is 5.61. The molecule has 0 spiro atoms. The zero-order valence-corrected chi connectivity index (χ0v) is 13.5. The van der Waals surface area contributed by atoms with E-state index in [2.05, 4.69) is 14.9 Å². The summed E-state index contributed by atoms with van der Waals surface area (Å²) >= 11 is 0. The predicted octanol–water partition coefficient (Wildman–Crippen LogP) is 1.72. The zero-order valence-electron chi connectivity index (χ0n) is 13.5. The Morgan fingerprint density at radius 2 is 2.13 bits per heavy atom. The number of ether oxygens (including phenoxy) is 1. The van der Waals surface area contributed by atoms with E-state index in [1.165, 1.54) is 5.56 Å². The molecule has 1 atom stereocenters. The lowest BCUT2D eigenvalue weighted by Crippen LogP contribution is -2.38. The van der Waals surface area contributed by atoms with E-state index in [4.69, 9.17) is 4.74 Å². The first-order valence-electron chi connectivity index (χ1n) is 8.04. The van der Waals surface area contributed by atoms with Crippen molar-refractivity contribution in [1.82, 2.24) is 14.9 Å². The molecule has 0 amide bonds. The van der Waals surface area contributed by atoms with E-state index >= 15 is 0 Å². The van der Waals surface area contributed by atoms with Crippen LogP contribution >= 0.6 is 0 Å². The molecule has 1 aromatic heterocycles. The van der Waals surface area contributed by atoms with Gasteiger partial charge in [0.1, 0.15) is 5.82 Å². The van der Waals surface area contributed by atoms with Gasteiger partial charge in [0.2, 0.25) is 0 Å². The highest BCUT2D eigenvalue weighted by Gasteiger charge is 2.20. The van der Waals surface area contributed by atoms with Gasteiger partial charge in [0.05, 0.1) is 19.3 Å². The second-order valence-corrected chi connectivity index (χ2v) is 6.03. The number of rotatable bonds is 6. The van der Waals surface area contributed by atoms with Gasteiger partial charge >= 0.3 is 0 Å². The minimum atomic E-state index is -0.480. The van der Waals surface area contributed by atoms with Crippen LogP contribution in [0.2, 0.25) is 0 Å². The van der Waals surface area contributed by atoms with Crippen molar-refractivity contribution >= 4 is 0 Å². The number of fused-ring (bicyclic) bond motifs is 1. The van der Waals surface area contributed by atoms with E-state index < -0.39 is 6.10 Å². The average molecular weight is 313 g/mol. The standard InChI is InChI=1S/C18H23N3O2/c1-14-19-9-16-10-21(8-7-18(16)20-14)11-17(22)13-23-12-15-5-3-2-4-6-15/h2-6,9,17,22H,7-8,10-13H2,1H3/t17-/m1/s1. The first-order valence-corrected chi connectivity index (χ1v) is 8.04. The highest BCUT2D eigenvalue weighted by molar-refractivity contribution is 5.20. The van der Waals surface area contributed by atoms with Gasteiger partial charge in [0.15, 0.2) is 0 Å². The highest BCUT2D eigenvalue weighted by Crippen LogP contribution is 2.16. The molecule has 0 saturated carbocycles. The van der Waals surface area contributed by atoms with Gasteiger partial charge in [-0.05, 0) is 12.5 Å². The summed E-state index contributed by atoms with van der Waals surface area (Å²) in [6.45, 7) is 5.13. The van der Waals surface area contributed by atoms with Crippen LogP contribution < -0.4 is 0 Å². The van der Waals surface area contributed by atoms with Crippen molar-refractivity contribution in [3.05, 3.63) is 59.2 Å². The number of benzene rings is 1. The second-order valence-electron chi connectivity index (χ2n) is 6.03. The Balaban J connectivity index is 1.43. The highest BCUT2D eigenvalue weighted by atomic mass is 16.5. The number of aromatic nitrogens is 2. The molecule has 0 saturated heterocycles. The summed E-state index contributed by atoms with van der Waals surface area (Å²) in [5, 5.41) is 10.2. The summed E-state index contributed by atoms with van der Waals surface area (Å²) in [4.78, 5) is 11.0. The summed E-state index contributed by atoms with van der Waals surface area (Å²) in [5.41, 5.74) is 3.43. The predicted molar refractivity (Wildman–Crippen MR) is 87.9 cm³/mol.